The molecule has 0 radical (unpaired) electrons. The summed E-state index contributed by atoms with van der Waals surface area (Å²) in [6, 6.07) is 11.5. The van der Waals surface area contributed by atoms with Gasteiger partial charge in [-0.05, 0) is 36.4 Å². The predicted molar refractivity (Wildman–Crippen MR) is 69.6 cm³/mol. The summed E-state index contributed by atoms with van der Waals surface area (Å²) in [7, 11) is 0. The number of rotatable bonds is 0. The summed E-state index contributed by atoms with van der Waals surface area (Å²) < 4.78 is 5.75. The minimum Gasteiger partial charge on any atom is -0.456 e. The topological polar surface area (TPSA) is 13.1 Å². The lowest BCUT2D eigenvalue weighted by atomic mass is 10.1. The van der Waals surface area contributed by atoms with Gasteiger partial charge in [-0.3, -0.25) is 0 Å². The standard InChI is InChI=1S/C16H8O/c1-3-11-5-7-13-14-8-6-12(4-2)10-16(14)17-15(13)9-11/h1-2,5-10H. The maximum absolute atomic E-state index is 5.75. The van der Waals surface area contributed by atoms with Crippen LogP contribution >= 0.6 is 0 Å². The van der Waals surface area contributed by atoms with Gasteiger partial charge in [0.2, 0.25) is 0 Å². The molecule has 0 fully saturated rings. The predicted octanol–water partition coefficient (Wildman–Crippen LogP) is 3.55. The summed E-state index contributed by atoms with van der Waals surface area (Å²) in [6.07, 6.45) is 10.7. The molecule has 0 amide bonds. The van der Waals surface area contributed by atoms with Crippen molar-refractivity contribution in [2.45, 2.75) is 0 Å². The van der Waals surface area contributed by atoms with Crippen LogP contribution in [0.3, 0.4) is 0 Å². The number of furan rings is 1. The number of fused-ring (bicyclic) bond motifs is 3. The third kappa shape index (κ3) is 1.38. The molecule has 0 aliphatic heterocycles. The molecule has 0 unspecified atom stereocenters. The zero-order valence-electron chi connectivity index (χ0n) is 9.03. The van der Waals surface area contributed by atoms with Gasteiger partial charge in [-0.1, -0.05) is 11.8 Å². The summed E-state index contributed by atoms with van der Waals surface area (Å²) in [6.45, 7) is 0. The van der Waals surface area contributed by atoms with Gasteiger partial charge in [0.05, 0.1) is 0 Å². The van der Waals surface area contributed by atoms with E-state index < -0.39 is 0 Å². The number of hydrogen-bond donors (Lipinski definition) is 0. The smallest absolute Gasteiger partial charge is 0.136 e. The first-order valence-corrected chi connectivity index (χ1v) is 5.21. The second-order valence-electron chi connectivity index (χ2n) is 3.81. The van der Waals surface area contributed by atoms with Gasteiger partial charge in [0, 0.05) is 21.9 Å². The van der Waals surface area contributed by atoms with E-state index in [1.54, 1.807) is 0 Å². The highest BCUT2D eigenvalue weighted by Crippen LogP contribution is 2.29. The largest absolute Gasteiger partial charge is 0.456 e. The average molecular weight is 216 g/mol. The van der Waals surface area contributed by atoms with E-state index in [0.717, 1.165) is 33.1 Å². The normalized spacial score (nSPS) is 10.2. The van der Waals surface area contributed by atoms with Crippen LogP contribution in [0.5, 0.6) is 0 Å². The maximum atomic E-state index is 5.75. The monoisotopic (exact) mass is 216 g/mol. The number of hydrogen-bond acceptors (Lipinski definition) is 1. The van der Waals surface area contributed by atoms with Crippen molar-refractivity contribution in [2.75, 3.05) is 0 Å². The Hall–Kier alpha value is -2.64. The molecule has 0 aliphatic rings. The molecule has 1 heteroatoms. The summed E-state index contributed by atoms with van der Waals surface area (Å²) in [5, 5.41) is 2.12. The molecule has 0 aliphatic carbocycles. The van der Waals surface area contributed by atoms with Gasteiger partial charge in [-0.25, -0.2) is 0 Å². The van der Waals surface area contributed by atoms with Crippen molar-refractivity contribution in [2.24, 2.45) is 0 Å². The SMILES string of the molecule is C#Cc1ccc2c(c1)oc1cc(C#C)ccc12. The fourth-order valence-corrected chi connectivity index (χ4v) is 1.96. The molecule has 78 valence electrons. The van der Waals surface area contributed by atoms with E-state index in [-0.39, 0.29) is 0 Å². The van der Waals surface area contributed by atoms with Crippen LogP contribution in [0, 0.1) is 24.7 Å². The molecule has 1 nitrogen and oxygen atoms in total. The minimum absolute atomic E-state index is 0.796. The van der Waals surface area contributed by atoms with E-state index in [2.05, 4.69) is 11.8 Å². The van der Waals surface area contributed by atoms with Crippen molar-refractivity contribution in [1.82, 2.24) is 0 Å². The van der Waals surface area contributed by atoms with Crippen molar-refractivity contribution in [3.8, 4) is 24.7 Å². The van der Waals surface area contributed by atoms with Crippen molar-refractivity contribution >= 4 is 21.9 Å². The molecule has 1 heterocycles. The van der Waals surface area contributed by atoms with Crippen molar-refractivity contribution < 1.29 is 4.42 Å². The molecule has 0 saturated carbocycles. The molecule has 3 rings (SSSR count). The molecule has 3 aromatic rings. The lowest BCUT2D eigenvalue weighted by Gasteiger charge is -1.91. The zero-order valence-corrected chi connectivity index (χ0v) is 9.03. The molecule has 0 N–H and O–H groups in total. The van der Waals surface area contributed by atoms with Gasteiger partial charge >= 0.3 is 0 Å². The van der Waals surface area contributed by atoms with Crippen molar-refractivity contribution in [3.05, 3.63) is 47.5 Å². The highest BCUT2D eigenvalue weighted by molar-refractivity contribution is 6.05. The first-order chi connectivity index (χ1) is 8.31. The summed E-state index contributed by atoms with van der Waals surface area (Å²) in [5.74, 6) is 5.19. The lowest BCUT2D eigenvalue weighted by Crippen LogP contribution is -1.73. The zero-order chi connectivity index (χ0) is 11.8. The van der Waals surface area contributed by atoms with Crippen LogP contribution in [0.25, 0.3) is 21.9 Å². The fraction of sp³-hybridized carbons (Fsp3) is 0. The Bertz CT molecular complexity index is 739. The molecule has 0 spiro atoms. The summed E-state index contributed by atoms with van der Waals surface area (Å²) >= 11 is 0. The molecule has 0 bridgehead atoms. The van der Waals surface area contributed by atoms with Crippen LogP contribution in [0.2, 0.25) is 0 Å². The van der Waals surface area contributed by atoms with Crippen molar-refractivity contribution in [1.29, 1.82) is 0 Å². The van der Waals surface area contributed by atoms with Crippen LogP contribution in [0.1, 0.15) is 11.1 Å². The highest BCUT2D eigenvalue weighted by atomic mass is 16.3. The van der Waals surface area contributed by atoms with Gasteiger partial charge < -0.3 is 4.42 Å². The Morgan fingerprint density at radius 1 is 0.765 bits per heavy atom. The highest BCUT2D eigenvalue weighted by Gasteiger charge is 2.07. The third-order valence-electron chi connectivity index (χ3n) is 2.81. The maximum Gasteiger partial charge on any atom is 0.136 e. The number of benzene rings is 2. The van der Waals surface area contributed by atoms with E-state index in [4.69, 9.17) is 17.3 Å². The Balaban J connectivity index is 2.42. The fourth-order valence-electron chi connectivity index (χ4n) is 1.96. The van der Waals surface area contributed by atoms with Crippen molar-refractivity contribution in [3.63, 3.8) is 0 Å². The van der Waals surface area contributed by atoms with E-state index in [1.807, 2.05) is 36.4 Å². The van der Waals surface area contributed by atoms with E-state index in [1.165, 1.54) is 0 Å². The first-order valence-electron chi connectivity index (χ1n) is 5.21. The number of terminal acetylenes is 2. The molecule has 0 saturated heterocycles. The quantitative estimate of drug-likeness (QED) is 0.524. The van der Waals surface area contributed by atoms with Gasteiger partial charge in [0.15, 0.2) is 0 Å². The van der Waals surface area contributed by atoms with Gasteiger partial charge in [0.25, 0.3) is 0 Å². The van der Waals surface area contributed by atoms with E-state index in [0.29, 0.717) is 0 Å². The molecule has 17 heavy (non-hydrogen) atoms. The molecular weight excluding hydrogens is 208 g/mol. The average Bonchev–Trinajstić information content (AvgIpc) is 2.74. The lowest BCUT2D eigenvalue weighted by molar-refractivity contribution is 0.668. The molecular formula is C16H8O. The Morgan fingerprint density at radius 2 is 1.24 bits per heavy atom. The third-order valence-corrected chi connectivity index (χ3v) is 2.81. The van der Waals surface area contributed by atoms with Crippen LogP contribution in [-0.4, -0.2) is 0 Å². The first kappa shape index (κ1) is 9.58. The van der Waals surface area contributed by atoms with E-state index >= 15 is 0 Å². The Kier molecular flexibility index (Phi) is 1.94. The molecule has 2 aromatic carbocycles. The second-order valence-corrected chi connectivity index (χ2v) is 3.81. The second kappa shape index (κ2) is 3.44. The molecule has 1 aromatic heterocycles. The Morgan fingerprint density at radius 3 is 1.65 bits per heavy atom. The van der Waals surface area contributed by atoms with Gasteiger partial charge in [-0.2, -0.15) is 0 Å². The van der Waals surface area contributed by atoms with Crippen LogP contribution in [-0.2, 0) is 0 Å². The minimum atomic E-state index is 0.796. The van der Waals surface area contributed by atoms with Crippen LogP contribution in [0.4, 0.5) is 0 Å². The van der Waals surface area contributed by atoms with Gasteiger partial charge in [-0.15, -0.1) is 12.8 Å². The van der Waals surface area contributed by atoms with Gasteiger partial charge in [0.1, 0.15) is 11.2 Å². The van der Waals surface area contributed by atoms with Crippen LogP contribution in [0.15, 0.2) is 40.8 Å². The van der Waals surface area contributed by atoms with Crippen LogP contribution < -0.4 is 0 Å². The van der Waals surface area contributed by atoms with E-state index in [9.17, 15) is 0 Å². The summed E-state index contributed by atoms with van der Waals surface area (Å²) in [5.41, 5.74) is 3.22. The molecule has 0 atom stereocenters. The summed E-state index contributed by atoms with van der Waals surface area (Å²) in [4.78, 5) is 0. The Labute approximate surface area is 99.0 Å².